The quantitative estimate of drug-likeness (QED) is 0.547. The van der Waals surface area contributed by atoms with Gasteiger partial charge in [0, 0.05) is 0 Å². The largest absolute Gasteiger partial charge is 0.360 e. The van der Waals surface area contributed by atoms with Crippen LogP contribution >= 0.6 is 11.6 Å². The molecule has 1 aliphatic rings. The van der Waals surface area contributed by atoms with Crippen LogP contribution in [-0.2, 0) is 4.74 Å². The molecule has 0 bridgehead atoms. The van der Waals surface area contributed by atoms with Gasteiger partial charge in [-0.1, -0.05) is 24.4 Å². The zero-order valence-corrected chi connectivity index (χ0v) is 6.58. The van der Waals surface area contributed by atoms with Gasteiger partial charge in [0.15, 0.2) is 0 Å². The fourth-order valence-electron chi connectivity index (χ4n) is 1.40. The lowest BCUT2D eigenvalue weighted by atomic mass is 10.1. The van der Waals surface area contributed by atoms with Crippen molar-refractivity contribution in [2.75, 3.05) is 6.07 Å². The molecule has 0 amide bonds. The standard InChI is InChI=1S/C7H13ClO/c1-7(9-6-8)4-2-3-5-7/h2-6H2,1H3. The number of rotatable bonds is 2. The molecule has 1 nitrogen and oxygen atoms in total. The minimum Gasteiger partial charge on any atom is -0.360 e. The second-order valence-corrected chi connectivity index (χ2v) is 3.13. The molecule has 1 fully saturated rings. The van der Waals surface area contributed by atoms with Gasteiger partial charge < -0.3 is 4.74 Å². The van der Waals surface area contributed by atoms with Crippen LogP contribution in [0.3, 0.4) is 0 Å². The van der Waals surface area contributed by atoms with Crippen LogP contribution in [0.1, 0.15) is 32.6 Å². The first-order valence-corrected chi connectivity index (χ1v) is 4.00. The van der Waals surface area contributed by atoms with Crippen LogP contribution in [-0.4, -0.2) is 11.7 Å². The molecular weight excluding hydrogens is 136 g/mol. The second-order valence-electron chi connectivity index (χ2n) is 2.91. The fourth-order valence-corrected chi connectivity index (χ4v) is 1.66. The molecule has 0 atom stereocenters. The monoisotopic (exact) mass is 148 g/mol. The lowest BCUT2D eigenvalue weighted by Crippen LogP contribution is -2.23. The average Bonchev–Trinajstić information content (AvgIpc) is 2.16. The maximum absolute atomic E-state index is 5.45. The van der Waals surface area contributed by atoms with E-state index < -0.39 is 0 Å². The molecule has 1 saturated carbocycles. The van der Waals surface area contributed by atoms with Crippen molar-refractivity contribution in [2.24, 2.45) is 0 Å². The predicted octanol–water partition coefficient (Wildman–Crippen LogP) is 2.53. The zero-order chi connectivity index (χ0) is 6.74. The number of halogens is 1. The van der Waals surface area contributed by atoms with Crippen molar-refractivity contribution in [3.8, 4) is 0 Å². The van der Waals surface area contributed by atoms with E-state index in [2.05, 4.69) is 6.92 Å². The zero-order valence-electron chi connectivity index (χ0n) is 5.82. The van der Waals surface area contributed by atoms with Crippen LogP contribution in [0.25, 0.3) is 0 Å². The molecule has 0 aromatic rings. The Morgan fingerprint density at radius 3 is 2.44 bits per heavy atom. The Hall–Kier alpha value is 0.250. The maximum Gasteiger partial charge on any atom is 0.121 e. The lowest BCUT2D eigenvalue weighted by Gasteiger charge is -2.21. The van der Waals surface area contributed by atoms with Gasteiger partial charge in [-0.2, -0.15) is 0 Å². The lowest BCUT2D eigenvalue weighted by molar-refractivity contribution is 0.000194. The number of alkyl halides is 1. The first kappa shape index (κ1) is 7.36. The Labute approximate surface area is 61.3 Å². The summed E-state index contributed by atoms with van der Waals surface area (Å²) in [6, 6.07) is 0.344. The van der Waals surface area contributed by atoms with Crippen LogP contribution in [0.5, 0.6) is 0 Å². The fraction of sp³-hybridized carbons (Fsp3) is 1.00. The van der Waals surface area contributed by atoms with Gasteiger partial charge in [0.05, 0.1) is 5.60 Å². The summed E-state index contributed by atoms with van der Waals surface area (Å²) in [6.45, 7) is 2.14. The topological polar surface area (TPSA) is 9.23 Å². The summed E-state index contributed by atoms with van der Waals surface area (Å²) >= 11 is 5.45. The minimum atomic E-state index is 0.113. The summed E-state index contributed by atoms with van der Waals surface area (Å²) in [5.41, 5.74) is 0.113. The van der Waals surface area contributed by atoms with E-state index in [0.29, 0.717) is 6.07 Å². The highest BCUT2D eigenvalue weighted by Gasteiger charge is 2.28. The van der Waals surface area contributed by atoms with E-state index in [9.17, 15) is 0 Å². The molecule has 0 radical (unpaired) electrons. The van der Waals surface area contributed by atoms with E-state index in [0.717, 1.165) is 0 Å². The highest BCUT2D eigenvalue weighted by molar-refractivity contribution is 6.17. The molecule has 0 heterocycles. The number of hydrogen-bond donors (Lipinski definition) is 0. The molecule has 0 N–H and O–H groups in total. The van der Waals surface area contributed by atoms with Crippen molar-refractivity contribution in [2.45, 2.75) is 38.2 Å². The SMILES string of the molecule is CC1(OCCl)CCCC1. The van der Waals surface area contributed by atoms with E-state index in [1.807, 2.05) is 0 Å². The summed E-state index contributed by atoms with van der Waals surface area (Å²) in [4.78, 5) is 0. The molecule has 2 heteroatoms. The van der Waals surface area contributed by atoms with Crippen LogP contribution < -0.4 is 0 Å². The van der Waals surface area contributed by atoms with E-state index in [1.165, 1.54) is 25.7 Å². The van der Waals surface area contributed by atoms with E-state index >= 15 is 0 Å². The Morgan fingerprint density at radius 2 is 2.00 bits per heavy atom. The third kappa shape index (κ3) is 1.84. The Bertz CT molecular complexity index is 86.9. The molecule has 0 saturated heterocycles. The van der Waals surface area contributed by atoms with E-state index in [4.69, 9.17) is 16.3 Å². The molecule has 54 valence electrons. The van der Waals surface area contributed by atoms with Gasteiger partial charge >= 0.3 is 0 Å². The average molecular weight is 149 g/mol. The van der Waals surface area contributed by atoms with Gasteiger partial charge in [0.1, 0.15) is 6.07 Å². The Morgan fingerprint density at radius 1 is 1.44 bits per heavy atom. The van der Waals surface area contributed by atoms with Gasteiger partial charge in [-0.25, -0.2) is 0 Å². The van der Waals surface area contributed by atoms with Crippen molar-refractivity contribution >= 4 is 11.6 Å². The van der Waals surface area contributed by atoms with Crippen molar-refractivity contribution in [1.82, 2.24) is 0 Å². The summed E-state index contributed by atoms with van der Waals surface area (Å²) < 4.78 is 5.36. The second kappa shape index (κ2) is 2.89. The maximum atomic E-state index is 5.45. The summed E-state index contributed by atoms with van der Waals surface area (Å²) in [5, 5.41) is 0. The highest BCUT2D eigenvalue weighted by atomic mass is 35.5. The van der Waals surface area contributed by atoms with Gasteiger partial charge in [-0.05, 0) is 19.8 Å². The van der Waals surface area contributed by atoms with Crippen LogP contribution in [0, 0.1) is 0 Å². The van der Waals surface area contributed by atoms with Crippen molar-refractivity contribution in [1.29, 1.82) is 0 Å². The molecule has 0 aliphatic heterocycles. The summed E-state index contributed by atoms with van der Waals surface area (Å²) in [5.74, 6) is 0. The molecule has 1 rings (SSSR count). The first-order chi connectivity index (χ1) is 4.27. The first-order valence-electron chi connectivity index (χ1n) is 3.47. The molecule has 0 aromatic carbocycles. The van der Waals surface area contributed by atoms with E-state index in [1.54, 1.807) is 0 Å². The smallest absolute Gasteiger partial charge is 0.121 e. The molecule has 0 spiro atoms. The molecular formula is C7H13ClO. The Kier molecular flexibility index (Phi) is 2.36. The Balaban J connectivity index is 2.32. The molecule has 0 aromatic heterocycles. The third-order valence-corrected chi connectivity index (χ3v) is 2.17. The van der Waals surface area contributed by atoms with Crippen LogP contribution in [0.4, 0.5) is 0 Å². The molecule has 9 heavy (non-hydrogen) atoms. The predicted molar refractivity (Wildman–Crippen MR) is 38.7 cm³/mol. The highest BCUT2D eigenvalue weighted by Crippen LogP contribution is 2.32. The normalized spacial score (nSPS) is 24.7. The number of hydrogen-bond acceptors (Lipinski definition) is 1. The summed E-state index contributed by atoms with van der Waals surface area (Å²) in [7, 11) is 0. The molecule has 1 aliphatic carbocycles. The third-order valence-electron chi connectivity index (χ3n) is 2.06. The van der Waals surface area contributed by atoms with Crippen LogP contribution in [0.15, 0.2) is 0 Å². The van der Waals surface area contributed by atoms with Crippen molar-refractivity contribution in [3.05, 3.63) is 0 Å². The van der Waals surface area contributed by atoms with E-state index in [-0.39, 0.29) is 5.60 Å². The van der Waals surface area contributed by atoms with Gasteiger partial charge in [-0.15, -0.1) is 0 Å². The molecule has 0 unspecified atom stereocenters. The van der Waals surface area contributed by atoms with Gasteiger partial charge in [-0.3, -0.25) is 0 Å². The number of ether oxygens (including phenoxy) is 1. The summed E-state index contributed by atoms with van der Waals surface area (Å²) in [6.07, 6.45) is 4.96. The van der Waals surface area contributed by atoms with Crippen LogP contribution in [0.2, 0.25) is 0 Å². The minimum absolute atomic E-state index is 0.113. The van der Waals surface area contributed by atoms with Gasteiger partial charge in [0.2, 0.25) is 0 Å². The van der Waals surface area contributed by atoms with Gasteiger partial charge in [0.25, 0.3) is 0 Å². The van der Waals surface area contributed by atoms with Crippen molar-refractivity contribution < 1.29 is 4.74 Å². The van der Waals surface area contributed by atoms with Crippen molar-refractivity contribution in [3.63, 3.8) is 0 Å².